The third kappa shape index (κ3) is 1.98. The zero-order valence-corrected chi connectivity index (χ0v) is 10.1. The Balaban J connectivity index is 2.56. The fourth-order valence-corrected chi connectivity index (χ4v) is 1.81. The standard InChI is InChI=1S/C13H14N2O2/c1-13(2)10(12(16)17-3)11(14-15-13)9-7-5-4-6-8-9/h4-8H,1-3H3. The smallest absolute Gasteiger partial charge is 0.338 e. The molecule has 0 atom stereocenters. The van der Waals surface area contributed by atoms with Crippen LogP contribution in [0.2, 0.25) is 0 Å². The van der Waals surface area contributed by atoms with E-state index in [9.17, 15) is 4.79 Å². The van der Waals surface area contributed by atoms with E-state index in [2.05, 4.69) is 10.2 Å². The van der Waals surface area contributed by atoms with Crippen molar-refractivity contribution in [2.24, 2.45) is 10.2 Å². The summed E-state index contributed by atoms with van der Waals surface area (Å²) in [4.78, 5) is 11.8. The Bertz CT molecular complexity index is 501. The summed E-state index contributed by atoms with van der Waals surface area (Å²) in [7, 11) is 1.37. The Morgan fingerprint density at radius 1 is 1.24 bits per heavy atom. The molecule has 0 aromatic heterocycles. The Morgan fingerprint density at radius 2 is 1.88 bits per heavy atom. The Morgan fingerprint density at radius 3 is 2.47 bits per heavy atom. The number of ether oxygens (including phenoxy) is 1. The molecule has 0 amide bonds. The van der Waals surface area contributed by atoms with Crippen LogP contribution in [0.5, 0.6) is 0 Å². The molecule has 0 spiro atoms. The van der Waals surface area contributed by atoms with Crippen molar-refractivity contribution in [3.05, 3.63) is 41.5 Å². The highest BCUT2D eigenvalue weighted by atomic mass is 16.5. The molecule has 0 saturated carbocycles. The first-order valence-corrected chi connectivity index (χ1v) is 5.37. The molecule has 17 heavy (non-hydrogen) atoms. The summed E-state index contributed by atoms with van der Waals surface area (Å²) in [6, 6.07) is 9.52. The molecule has 1 aliphatic rings. The predicted molar refractivity (Wildman–Crippen MR) is 64.3 cm³/mol. The van der Waals surface area contributed by atoms with Crippen LogP contribution in [0.1, 0.15) is 19.4 Å². The number of carbonyl (C=O) groups is 1. The molecule has 0 fully saturated rings. The quantitative estimate of drug-likeness (QED) is 0.733. The van der Waals surface area contributed by atoms with Crippen LogP contribution >= 0.6 is 0 Å². The van der Waals surface area contributed by atoms with Gasteiger partial charge >= 0.3 is 5.97 Å². The van der Waals surface area contributed by atoms with Crippen molar-refractivity contribution in [1.82, 2.24) is 0 Å². The van der Waals surface area contributed by atoms with Crippen molar-refractivity contribution in [2.45, 2.75) is 19.4 Å². The molecule has 88 valence electrons. The maximum absolute atomic E-state index is 11.8. The van der Waals surface area contributed by atoms with Gasteiger partial charge in [0.2, 0.25) is 0 Å². The SMILES string of the molecule is COC(=O)C1=C(c2ccccc2)N=NC1(C)C. The zero-order chi connectivity index (χ0) is 12.5. The Hall–Kier alpha value is -1.97. The van der Waals surface area contributed by atoms with E-state index in [0.717, 1.165) is 5.56 Å². The summed E-state index contributed by atoms with van der Waals surface area (Å²) in [5, 5.41) is 8.24. The lowest BCUT2D eigenvalue weighted by atomic mass is 9.92. The summed E-state index contributed by atoms with van der Waals surface area (Å²) in [5.41, 5.74) is 1.36. The molecule has 0 unspecified atom stereocenters. The molecule has 0 bridgehead atoms. The van der Waals surface area contributed by atoms with E-state index in [1.54, 1.807) is 0 Å². The fraction of sp³-hybridized carbons (Fsp3) is 0.308. The second-order valence-corrected chi connectivity index (χ2v) is 4.34. The van der Waals surface area contributed by atoms with Gasteiger partial charge in [-0.05, 0) is 13.8 Å². The van der Waals surface area contributed by atoms with Crippen LogP contribution < -0.4 is 0 Å². The lowest BCUT2D eigenvalue weighted by Gasteiger charge is -2.15. The number of carbonyl (C=O) groups excluding carboxylic acids is 1. The summed E-state index contributed by atoms with van der Waals surface area (Å²) < 4.78 is 4.80. The van der Waals surface area contributed by atoms with E-state index >= 15 is 0 Å². The number of nitrogens with zero attached hydrogens (tertiary/aromatic N) is 2. The third-order valence-electron chi connectivity index (χ3n) is 2.69. The van der Waals surface area contributed by atoms with Gasteiger partial charge in [0.25, 0.3) is 0 Å². The molecule has 0 radical (unpaired) electrons. The van der Waals surface area contributed by atoms with Gasteiger partial charge in [-0.1, -0.05) is 30.3 Å². The third-order valence-corrected chi connectivity index (χ3v) is 2.69. The van der Waals surface area contributed by atoms with Gasteiger partial charge in [0.1, 0.15) is 11.2 Å². The molecule has 1 aromatic rings. The Labute approximate surface area is 100 Å². The first kappa shape index (κ1) is 11.5. The van der Waals surface area contributed by atoms with Crippen LogP contribution in [-0.4, -0.2) is 18.6 Å². The van der Waals surface area contributed by atoms with Crippen LogP contribution in [0.25, 0.3) is 5.70 Å². The molecule has 0 saturated heterocycles. The molecule has 0 aliphatic carbocycles. The van der Waals surface area contributed by atoms with Crippen LogP contribution in [0, 0.1) is 0 Å². The summed E-state index contributed by atoms with van der Waals surface area (Å²) >= 11 is 0. The summed E-state index contributed by atoms with van der Waals surface area (Å²) in [6.07, 6.45) is 0. The van der Waals surface area contributed by atoms with Crippen LogP contribution in [0.15, 0.2) is 46.1 Å². The lowest BCUT2D eigenvalue weighted by Crippen LogP contribution is -2.24. The largest absolute Gasteiger partial charge is 0.466 e. The van der Waals surface area contributed by atoms with Crippen molar-refractivity contribution in [3.63, 3.8) is 0 Å². The number of azo groups is 1. The zero-order valence-electron chi connectivity index (χ0n) is 10.1. The van der Waals surface area contributed by atoms with E-state index in [0.29, 0.717) is 11.3 Å². The molecule has 0 N–H and O–H groups in total. The second kappa shape index (κ2) is 4.13. The normalized spacial score (nSPS) is 17.4. The number of rotatable bonds is 2. The molecule has 2 rings (SSSR count). The lowest BCUT2D eigenvalue weighted by molar-refractivity contribution is -0.136. The van der Waals surface area contributed by atoms with Gasteiger partial charge < -0.3 is 4.74 Å². The Kier molecular flexibility index (Phi) is 2.79. The molecular weight excluding hydrogens is 216 g/mol. The average Bonchev–Trinajstić information content (AvgIpc) is 2.65. The maximum Gasteiger partial charge on any atom is 0.338 e. The maximum atomic E-state index is 11.8. The average molecular weight is 230 g/mol. The predicted octanol–water partition coefficient (Wildman–Crippen LogP) is 2.82. The molecule has 4 nitrogen and oxygen atoms in total. The van der Waals surface area contributed by atoms with Gasteiger partial charge in [0, 0.05) is 5.56 Å². The molecule has 4 heteroatoms. The van der Waals surface area contributed by atoms with E-state index in [-0.39, 0.29) is 5.97 Å². The highest BCUT2D eigenvalue weighted by Gasteiger charge is 2.37. The highest BCUT2D eigenvalue weighted by molar-refractivity contribution is 6.00. The highest BCUT2D eigenvalue weighted by Crippen LogP contribution is 2.37. The molecule has 1 aliphatic heterocycles. The molecule has 1 heterocycles. The number of benzene rings is 1. The first-order valence-electron chi connectivity index (χ1n) is 5.37. The summed E-state index contributed by atoms with van der Waals surface area (Å²) in [6.45, 7) is 3.69. The minimum Gasteiger partial charge on any atom is -0.466 e. The number of hydrogen-bond acceptors (Lipinski definition) is 4. The minimum absolute atomic E-state index is 0.376. The summed E-state index contributed by atoms with van der Waals surface area (Å²) in [5.74, 6) is -0.376. The number of hydrogen-bond donors (Lipinski definition) is 0. The second-order valence-electron chi connectivity index (χ2n) is 4.34. The van der Waals surface area contributed by atoms with Gasteiger partial charge in [0.15, 0.2) is 0 Å². The van der Waals surface area contributed by atoms with E-state index < -0.39 is 5.54 Å². The van der Waals surface area contributed by atoms with Crippen LogP contribution in [-0.2, 0) is 9.53 Å². The minimum atomic E-state index is -0.627. The number of methoxy groups -OCH3 is 1. The van der Waals surface area contributed by atoms with Crippen LogP contribution in [0.3, 0.4) is 0 Å². The van der Waals surface area contributed by atoms with E-state index in [1.807, 2.05) is 44.2 Å². The van der Waals surface area contributed by atoms with Gasteiger partial charge in [-0.2, -0.15) is 10.2 Å². The van der Waals surface area contributed by atoms with Gasteiger partial charge in [-0.15, -0.1) is 0 Å². The van der Waals surface area contributed by atoms with Crippen LogP contribution in [0.4, 0.5) is 0 Å². The molecular formula is C13H14N2O2. The van der Waals surface area contributed by atoms with E-state index in [4.69, 9.17) is 4.74 Å². The number of esters is 1. The topological polar surface area (TPSA) is 51.0 Å². The van der Waals surface area contributed by atoms with Crippen molar-refractivity contribution >= 4 is 11.7 Å². The first-order chi connectivity index (χ1) is 8.06. The van der Waals surface area contributed by atoms with Gasteiger partial charge in [-0.3, -0.25) is 0 Å². The van der Waals surface area contributed by atoms with Crippen molar-refractivity contribution in [3.8, 4) is 0 Å². The fourth-order valence-electron chi connectivity index (χ4n) is 1.81. The van der Waals surface area contributed by atoms with Crippen molar-refractivity contribution in [2.75, 3.05) is 7.11 Å². The van der Waals surface area contributed by atoms with Crippen molar-refractivity contribution in [1.29, 1.82) is 0 Å². The van der Waals surface area contributed by atoms with Crippen molar-refractivity contribution < 1.29 is 9.53 Å². The van der Waals surface area contributed by atoms with Gasteiger partial charge in [0.05, 0.1) is 12.7 Å². The van der Waals surface area contributed by atoms with E-state index in [1.165, 1.54) is 7.11 Å². The molecule has 1 aromatic carbocycles. The van der Waals surface area contributed by atoms with Gasteiger partial charge in [-0.25, -0.2) is 4.79 Å². The monoisotopic (exact) mass is 230 g/mol.